The van der Waals surface area contributed by atoms with Gasteiger partial charge in [0.05, 0.1) is 11.2 Å². The molecule has 1 aliphatic heterocycles. The van der Waals surface area contributed by atoms with Crippen LogP contribution in [-0.2, 0) is 4.79 Å². The van der Waals surface area contributed by atoms with Crippen LogP contribution in [0, 0.1) is 5.92 Å². The molecule has 0 aliphatic carbocycles. The Bertz CT molecular complexity index is 204. The third-order valence-electron chi connectivity index (χ3n) is 2.74. The molecule has 0 spiro atoms. The topological polar surface area (TPSA) is 49.3 Å². The zero-order chi connectivity index (χ0) is 10.6. The van der Waals surface area contributed by atoms with Crippen molar-refractivity contribution in [3.05, 3.63) is 0 Å². The molecule has 0 bridgehead atoms. The van der Waals surface area contributed by atoms with Crippen LogP contribution in [-0.4, -0.2) is 34.7 Å². The minimum absolute atomic E-state index is 0.0186. The second-order valence-electron chi connectivity index (χ2n) is 4.18. The van der Waals surface area contributed by atoms with Crippen molar-refractivity contribution in [1.29, 1.82) is 0 Å². The van der Waals surface area contributed by atoms with E-state index < -0.39 is 5.97 Å². The molecule has 1 saturated heterocycles. The standard InChI is InChI=1S/C10H19NO2S/c1-3-8(2)5-14-10(4-9(12)13)6-11-7-10/h8,11H,3-7H2,1-2H3,(H,12,13). The van der Waals surface area contributed by atoms with Crippen LogP contribution in [0.25, 0.3) is 0 Å². The maximum absolute atomic E-state index is 10.7. The van der Waals surface area contributed by atoms with E-state index in [4.69, 9.17) is 5.11 Å². The molecule has 0 aromatic carbocycles. The van der Waals surface area contributed by atoms with Gasteiger partial charge >= 0.3 is 5.97 Å². The summed E-state index contributed by atoms with van der Waals surface area (Å²) in [5.74, 6) is 1.08. The van der Waals surface area contributed by atoms with Gasteiger partial charge in [-0.25, -0.2) is 0 Å². The maximum atomic E-state index is 10.7. The minimum atomic E-state index is -0.678. The zero-order valence-electron chi connectivity index (χ0n) is 8.88. The molecular formula is C10H19NO2S. The number of carbonyl (C=O) groups is 1. The summed E-state index contributed by atoms with van der Waals surface area (Å²) in [6, 6.07) is 0. The number of rotatable bonds is 6. The monoisotopic (exact) mass is 217 g/mol. The van der Waals surface area contributed by atoms with Gasteiger partial charge in [-0.15, -0.1) is 0 Å². The van der Waals surface area contributed by atoms with Crippen LogP contribution < -0.4 is 5.32 Å². The van der Waals surface area contributed by atoms with Gasteiger partial charge < -0.3 is 10.4 Å². The molecule has 4 heteroatoms. The normalized spacial score (nSPS) is 21.3. The van der Waals surface area contributed by atoms with Crippen molar-refractivity contribution in [1.82, 2.24) is 5.32 Å². The van der Waals surface area contributed by atoms with Crippen molar-refractivity contribution in [2.24, 2.45) is 5.92 Å². The van der Waals surface area contributed by atoms with E-state index in [9.17, 15) is 4.79 Å². The van der Waals surface area contributed by atoms with E-state index in [0.29, 0.717) is 12.3 Å². The van der Waals surface area contributed by atoms with Crippen molar-refractivity contribution in [3.8, 4) is 0 Å². The first-order valence-corrected chi connectivity index (χ1v) is 6.13. The van der Waals surface area contributed by atoms with Gasteiger partial charge in [-0.05, 0) is 11.7 Å². The molecule has 1 rings (SSSR count). The summed E-state index contributed by atoms with van der Waals surface area (Å²) in [6.45, 7) is 6.09. The number of aliphatic carboxylic acids is 1. The Balaban J connectivity index is 2.34. The Morgan fingerprint density at radius 1 is 1.64 bits per heavy atom. The molecule has 1 atom stereocenters. The SMILES string of the molecule is CCC(C)CSC1(CC(=O)O)CNC1. The molecule has 82 valence electrons. The first-order chi connectivity index (χ1) is 6.58. The van der Waals surface area contributed by atoms with Gasteiger partial charge in [0.25, 0.3) is 0 Å². The van der Waals surface area contributed by atoms with Gasteiger partial charge in [-0.3, -0.25) is 4.79 Å². The van der Waals surface area contributed by atoms with Gasteiger partial charge in [-0.2, -0.15) is 11.8 Å². The van der Waals surface area contributed by atoms with Gasteiger partial charge in [0.2, 0.25) is 0 Å². The fraction of sp³-hybridized carbons (Fsp3) is 0.900. The molecular weight excluding hydrogens is 198 g/mol. The Morgan fingerprint density at radius 3 is 2.64 bits per heavy atom. The summed E-state index contributed by atoms with van der Waals surface area (Å²) in [5, 5.41) is 12.0. The highest BCUT2D eigenvalue weighted by molar-refractivity contribution is 8.00. The number of carboxylic acids is 1. The van der Waals surface area contributed by atoms with Crippen molar-refractivity contribution >= 4 is 17.7 Å². The lowest BCUT2D eigenvalue weighted by Gasteiger charge is -2.41. The second-order valence-corrected chi connectivity index (χ2v) is 5.67. The summed E-state index contributed by atoms with van der Waals surface area (Å²) in [5.41, 5.74) is 0. The molecule has 0 aromatic heterocycles. The lowest BCUT2D eigenvalue weighted by molar-refractivity contribution is -0.138. The van der Waals surface area contributed by atoms with Crippen LogP contribution in [0.1, 0.15) is 26.7 Å². The average Bonchev–Trinajstić information content (AvgIpc) is 2.08. The summed E-state index contributed by atoms with van der Waals surface area (Å²) in [4.78, 5) is 10.7. The van der Waals surface area contributed by atoms with Gasteiger partial charge in [0, 0.05) is 13.1 Å². The molecule has 0 saturated carbocycles. The van der Waals surface area contributed by atoms with E-state index in [-0.39, 0.29) is 4.75 Å². The lowest BCUT2D eigenvalue weighted by atomic mass is 9.98. The average molecular weight is 217 g/mol. The third-order valence-corrected chi connectivity index (χ3v) is 4.52. The predicted octanol–water partition coefficient (Wildman–Crippen LogP) is 1.58. The molecule has 1 fully saturated rings. The highest BCUT2D eigenvalue weighted by Crippen LogP contribution is 2.34. The number of hydrogen-bond acceptors (Lipinski definition) is 3. The molecule has 0 amide bonds. The quantitative estimate of drug-likeness (QED) is 0.709. The number of nitrogens with one attached hydrogen (secondary N) is 1. The van der Waals surface area contributed by atoms with E-state index in [0.717, 1.165) is 18.8 Å². The third kappa shape index (κ3) is 3.17. The molecule has 0 radical (unpaired) electrons. The van der Waals surface area contributed by atoms with E-state index in [1.165, 1.54) is 6.42 Å². The maximum Gasteiger partial charge on any atom is 0.304 e. The predicted molar refractivity (Wildman–Crippen MR) is 59.8 cm³/mol. The second kappa shape index (κ2) is 5.03. The summed E-state index contributed by atoms with van der Waals surface area (Å²) in [6.07, 6.45) is 1.46. The number of hydrogen-bond donors (Lipinski definition) is 2. The highest BCUT2D eigenvalue weighted by atomic mass is 32.2. The first kappa shape index (κ1) is 11.9. The van der Waals surface area contributed by atoms with E-state index >= 15 is 0 Å². The number of carboxylic acid groups (broad SMARTS) is 1. The number of thioether (sulfide) groups is 1. The zero-order valence-corrected chi connectivity index (χ0v) is 9.69. The molecule has 1 heterocycles. The van der Waals surface area contributed by atoms with Crippen molar-refractivity contribution < 1.29 is 9.90 Å². The van der Waals surface area contributed by atoms with Gasteiger partial charge in [-0.1, -0.05) is 20.3 Å². The van der Waals surface area contributed by atoms with Crippen LogP contribution in [0.4, 0.5) is 0 Å². The van der Waals surface area contributed by atoms with Crippen molar-refractivity contribution in [3.63, 3.8) is 0 Å². The largest absolute Gasteiger partial charge is 0.481 e. The Hall–Kier alpha value is -0.220. The Labute approximate surface area is 89.6 Å². The lowest BCUT2D eigenvalue weighted by Crippen LogP contribution is -2.58. The summed E-state index contributed by atoms with van der Waals surface area (Å²) >= 11 is 1.83. The van der Waals surface area contributed by atoms with E-state index in [2.05, 4.69) is 19.2 Å². The molecule has 0 aromatic rings. The highest BCUT2D eigenvalue weighted by Gasteiger charge is 2.39. The molecule has 1 aliphatic rings. The van der Waals surface area contributed by atoms with Gasteiger partial charge in [0.1, 0.15) is 0 Å². The first-order valence-electron chi connectivity index (χ1n) is 5.14. The summed E-state index contributed by atoms with van der Waals surface area (Å²) in [7, 11) is 0. The van der Waals surface area contributed by atoms with Crippen molar-refractivity contribution in [2.45, 2.75) is 31.4 Å². The smallest absolute Gasteiger partial charge is 0.304 e. The summed E-state index contributed by atoms with van der Waals surface area (Å²) < 4.78 is -0.0186. The van der Waals surface area contributed by atoms with Crippen molar-refractivity contribution in [2.75, 3.05) is 18.8 Å². The minimum Gasteiger partial charge on any atom is -0.481 e. The fourth-order valence-corrected chi connectivity index (χ4v) is 2.90. The Kier molecular flexibility index (Phi) is 4.26. The molecule has 3 nitrogen and oxygen atoms in total. The fourth-order valence-electron chi connectivity index (χ4n) is 1.39. The van der Waals surface area contributed by atoms with Crippen LogP contribution in [0.3, 0.4) is 0 Å². The molecule has 2 N–H and O–H groups in total. The Morgan fingerprint density at radius 2 is 2.29 bits per heavy atom. The van der Waals surface area contributed by atoms with E-state index in [1.807, 2.05) is 11.8 Å². The van der Waals surface area contributed by atoms with Gasteiger partial charge in [0.15, 0.2) is 0 Å². The molecule has 14 heavy (non-hydrogen) atoms. The molecule has 1 unspecified atom stereocenters. The van der Waals surface area contributed by atoms with Crippen LogP contribution in [0.15, 0.2) is 0 Å². The van der Waals surface area contributed by atoms with E-state index in [1.54, 1.807) is 0 Å². The van der Waals surface area contributed by atoms with Crippen LogP contribution >= 0.6 is 11.8 Å². The van der Waals surface area contributed by atoms with Crippen LogP contribution in [0.2, 0.25) is 0 Å². The van der Waals surface area contributed by atoms with Crippen LogP contribution in [0.5, 0.6) is 0 Å².